The molecule has 1 unspecified atom stereocenters. The van der Waals surface area contributed by atoms with E-state index in [9.17, 15) is 14.8 Å². The van der Waals surface area contributed by atoms with Crippen molar-refractivity contribution in [1.82, 2.24) is 10.4 Å². The molecule has 1 aliphatic heterocycles. The number of hydrogen-bond donors (Lipinski definition) is 3. The zero-order chi connectivity index (χ0) is 21.7. The molecule has 3 N–H and O–H groups in total. The van der Waals surface area contributed by atoms with Gasteiger partial charge in [0.1, 0.15) is 0 Å². The summed E-state index contributed by atoms with van der Waals surface area (Å²) in [5, 5.41) is 27.8. The molecule has 154 valence electrons. The van der Waals surface area contributed by atoms with Crippen LogP contribution in [0.4, 0.5) is 11.4 Å². The third-order valence-corrected chi connectivity index (χ3v) is 4.48. The second-order valence-corrected chi connectivity index (χ2v) is 6.67. The molecule has 0 aromatic heterocycles. The summed E-state index contributed by atoms with van der Waals surface area (Å²) in [5.74, 6) is -0.728. The minimum atomic E-state index is -1.05. The minimum absolute atomic E-state index is 0.0179. The smallest absolute Gasteiger partial charge is 0.275 e. The molecule has 11 heteroatoms. The number of thiocarbonyl (C=S) groups is 1. The standard InChI is InChI=1S/C19H18N6O4S/c1-12-17(23-22-14-7-9-15(10-8-14)25(28)29)18(27)24(19(30)21-12)20-11-16(26)13-5-3-2-4-6-13/h2-10,17,20,25,28H,11H2,1H3/t17-/m1/s1. The molecule has 1 amide bonds. The number of Topliss-reactive ketones (excluding diaryl/α,β-unsaturated/α-hetero) is 1. The first-order valence-electron chi connectivity index (χ1n) is 8.86. The molecule has 1 heterocycles. The van der Waals surface area contributed by atoms with Gasteiger partial charge in [0.2, 0.25) is 5.11 Å². The van der Waals surface area contributed by atoms with Crippen LogP contribution < -0.4 is 10.7 Å². The normalized spacial score (nSPS) is 17.9. The maximum atomic E-state index is 12.8. The number of carbonyl (C=O) groups excluding carboxylic acids is 2. The highest BCUT2D eigenvalue weighted by atomic mass is 32.1. The van der Waals surface area contributed by atoms with E-state index in [2.05, 4.69) is 20.6 Å². The number of ketones is 1. The largest absolute Gasteiger partial charge is 0.595 e. The maximum Gasteiger partial charge on any atom is 0.275 e. The van der Waals surface area contributed by atoms with Gasteiger partial charge in [-0.25, -0.2) is 20.6 Å². The van der Waals surface area contributed by atoms with Crippen molar-refractivity contribution in [2.24, 2.45) is 15.2 Å². The number of rotatable bonds is 7. The van der Waals surface area contributed by atoms with Crippen molar-refractivity contribution in [2.45, 2.75) is 13.0 Å². The molecule has 0 saturated carbocycles. The lowest BCUT2D eigenvalue weighted by Crippen LogP contribution is -2.99. The van der Waals surface area contributed by atoms with Crippen molar-refractivity contribution >= 4 is 46.1 Å². The van der Waals surface area contributed by atoms with Crippen LogP contribution in [0.5, 0.6) is 0 Å². The van der Waals surface area contributed by atoms with Gasteiger partial charge < -0.3 is 5.21 Å². The van der Waals surface area contributed by atoms with E-state index in [-0.39, 0.29) is 23.1 Å². The maximum absolute atomic E-state index is 12.8. The molecule has 2 aromatic carbocycles. The second kappa shape index (κ2) is 9.52. The number of nitrogens with zero attached hydrogens (tertiary/aromatic N) is 4. The third-order valence-electron chi connectivity index (χ3n) is 4.21. The Morgan fingerprint density at radius 3 is 2.57 bits per heavy atom. The molecule has 3 rings (SSSR count). The zero-order valence-corrected chi connectivity index (χ0v) is 16.7. The quantitative estimate of drug-likeness (QED) is 0.266. The van der Waals surface area contributed by atoms with Crippen molar-refractivity contribution in [2.75, 3.05) is 6.54 Å². The highest BCUT2D eigenvalue weighted by Gasteiger charge is 2.34. The summed E-state index contributed by atoms with van der Waals surface area (Å²) in [6.07, 6.45) is 0. The van der Waals surface area contributed by atoms with Crippen molar-refractivity contribution < 1.29 is 20.0 Å². The van der Waals surface area contributed by atoms with Crippen molar-refractivity contribution in [3.05, 3.63) is 65.4 Å². The Bertz CT molecular complexity index is 1010. The fourth-order valence-electron chi connectivity index (χ4n) is 2.61. The van der Waals surface area contributed by atoms with Gasteiger partial charge in [0, 0.05) is 17.7 Å². The zero-order valence-electron chi connectivity index (χ0n) is 15.8. The Kier molecular flexibility index (Phi) is 6.82. The molecule has 0 fully saturated rings. The SMILES string of the molecule is CC1=NC(=S)N(NCC(=O)c2ccccc2)C(=O)[C@@H]1N=Nc1ccc([NH+]([O-])O)cc1. The first-order chi connectivity index (χ1) is 14.4. The average Bonchev–Trinajstić information content (AvgIpc) is 2.74. The Balaban J connectivity index is 1.70. The number of nitrogens with one attached hydrogen (secondary N) is 2. The van der Waals surface area contributed by atoms with Crippen LogP contribution in [0.3, 0.4) is 0 Å². The van der Waals surface area contributed by atoms with Crippen LogP contribution in [0.25, 0.3) is 0 Å². The van der Waals surface area contributed by atoms with Gasteiger partial charge in [-0.15, -0.1) is 0 Å². The van der Waals surface area contributed by atoms with E-state index < -0.39 is 17.2 Å². The average molecular weight is 426 g/mol. The molecule has 0 spiro atoms. The number of quaternary nitrogens is 1. The summed E-state index contributed by atoms with van der Waals surface area (Å²) in [6.45, 7) is 1.46. The van der Waals surface area contributed by atoms with Crippen molar-refractivity contribution in [3.63, 3.8) is 0 Å². The molecule has 10 nitrogen and oxygen atoms in total. The monoisotopic (exact) mass is 426 g/mol. The lowest BCUT2D eigenvalue weighted by Gasteiger charge is -2.28. The number of benzene rings is 2. The molecule has 30 heavy (non-hydrogen) atoms. The summed E-state index contributed by atoms with van der Waals surface area (Å²) in [6, 6.07) is 13.4. The van der Waals surface area contributed by atoms with E-state index >= 15 is 0 Å². The number of aliphatic imine (C=N–C) groups is 1. The van der Waals surface area contributed by atoms with Crippen LogP contribution in [0.2, 0.25) is 0 Å². The topological polar surface area (TPSA) is 134 Å². The number of azo groups is 1. The van der Waals surface area contributed by atoms with Crippen LogP contribution in [-0.2, 0) is 4.79 Å². The van der Waals surface area contributed by atoms with E-state index in [1.807, 2.05) is 0 Å². The first-order valence-corrected chi connectivity index (χ1v) is 9.26. The molecule has 0 aliphatic carbocycles. The van der Waals surface area contributed by atoms with Gasteiger partial charge in [0.05, 0.1) is 17.9 Å². The van der Waals surface area contributed by atoms with Crippen LogP contribution in [0.1, 0.15) is 17.3 Å². The Morgan fingerprint density at radius 1 is 1.27 bits per heavy atom. The predicted octanol–water partition coefficient (Wildman–Crippen LogP) is 1.52. The molecule has 2 atom stereocenters. The molecular weight excluding hydrogens is 408 g/mol. The molecule has 0 radical (unpaired) electrons. The fourth-order valence-corrected chi connectivity index (χ4v) is 2.91. The van der Waals surface area contributed by atoms with Gasteiger partial charge in [-0.2, -0.15) is 15.5 Å². The summed E-state index contributed by atoms with van der Waals surface area (Å²) in [5.41, 5.74) is 4.07. The van der Waals surface area contributed by atoms with Crippen LogP contribution in [0.15, 0.2) is 69.8 Å². The third kappa shape index (κ3) is 5.03. The number of hydrogen-bond acceptors (Lipinski definition) is 8. The van der Waals surface area contributed by atoms with Crippen molar-refractivity contribution in [3.8, 4) is 0 Å². The first kappa shape index (κ1) is 21.5. The Hall–Kier alpha value is -3.22. The second-order valence-electron chi connectivity index (χ2n) is 6.30. The molecular formula is C19H18N6O4S. The van der Waals surface area contributed by atoms with Gasteiger partial charge in [-0.3, -0.25) is 9.59 Å². The van der Waals surface area contributed by atoms with E-state index in [1.54, 1.807) is 37.3 Å². The lowest BCUT2D eigenvalue weighted by molar-refractivity contribution is -0.991. The Morgan fingerprint density at radius 2 is 1.93 bits per heavy atom. The Labute approximate surface area is 177 Å². The molecule has 0 bridgehead atoms. The van der Waals surface area contributed by atoms with Gasteiger partial charge in [0.15, 0.2) is 17.5 Å². The summed E-state index contributed by atoms with van der Waals surface area (Å²) in [4.78, 5) is 29.2. The molecule has 0 saturated heterocycles. The number of carbonyl (C=O) groups is 2. The van der Waals surface area contributed by atoms with Gasteiger partial charge in [0.25, 0.3) is 5.91 Å². The molecule has 1 aliphatic rings. The highest BCUT2D eigenvalue weighted by Crippen LogP contribution is 2.17. The lowest BCUT2D eigenvalue weighted by atomic mass is 10.1. The number of amides is 1. The van der Waals surface area contributed by atoms with Gasteiger partial charge >= 0.3 is 0 Å². The summed E-state index contributed by atoms with van der Waals surface area (Å²) < 4.78 is 0. The highest BCUT2D eigenvalue weighted by molar-refractivity contribution is 7.80. The fraction of sp³-hybridized carbons (Fsp3) is 0.158. The van der Waals surface area contributed by atoms with Crippen molar-refractivity contribution in [1.29, 1.82) is 0 Å². The van der Waals surface area contributed by atoms with E-state index in [0.717, 1.165) is 5.01 Å². The van der Waals surface area contributed by atoms with Gasteiger partial charge in [-0.1, -0.05) is 30.3 Å². The van der Waals surface area contributed by atoms with E-state index in [1.165, 1.54) is 24.3 Å². The minimum Gasteiger partial charge on any atom is -0.595 e. The summed E-state index contributed by atoms with van der Waals surface area (Å²) >= 11 is 5.14. The van der Waals surface area contributed by atoms with Gasteiger partial charge in [-0.05, 0) is 31.3 Å². The van der Waals surface area contributed by atoms with E-state index in [0.29, 0.717) is 17.0 Å². The molecule has 2 aromatic rings. The van der Waals surface area contributed by atoms with E-state index in [4.69, 9.17) is 17.4 Å². The van der Waals surface area contributed by atoms with Crippen LogP contribution in [0, 0.1) is 5.21 Å². The van der Waals surface area contributed by atoms with Crippen LogP contribution in [-0.4, -0.2) is 45.3 Å². The van der Waals surface area contributed by atoms with Crippen LogP contribution >= 0.6 is 12.2 Å². The number of hydrazine groups is 1. The predicted molar refractivity (Wildman–Crippen MR) is 112 cm³/mol. The summed E-state index contributed by atoms with van der Waals surface area (Å²) in [7, 11) is 0.